The minimum Gasteiger partial charge on any atom is -0.465 e. The maximum atomic E-state index is 13.2. The third-order valence-corrected chi connectivity index (χ3v) is 5.23. The molecule has 0 aromatic heterocycles. The molecule has 3 aromatic carbocycles. The Balaban J connectivity index is 1.82. The van der Waals surface area contributed by atoms with E-state index in [0.717, 1.165) is 0 Å². The van der Waals surface area contributed by atoms with Crippen LogP contribution in [-0.2, 0) is 17.1 Å². The summed E-state index contributed by atoms with van der Waals surface area (Å²) in [5.74, 6) is -0.348. The maximum absolute atomic E-state index is 13.2. The van der Waals surface area contributed by atoms with Crippen molar-refractivity contribution in [1.82, 2.24) is 10.9 Å². The molecular weight excluding hydrogens is 476 g/mol. The third-order valence-electron chi connectivity index (χ3n) is 5.23. The van der Waals surface area contributed by atoms with E-state index in [2.05, 4.69) is 20.9 Å². The number of benzene rings is 3. The number of hydrogen-bond donors (Lipinski definition) is 3. The minimum absolute atomic E-state index is 0.0697. The molecule has 0 aliphatic carbocycles. The Labute approximate surface area is 194 Å². The van der Waals surface area contributed by atoms with Crippen LogP contribution in [0.4, 0.5) is 32.0 Å². The molecule has 0 fully saturated rings. The van der Waals surface area contributed by atoms with Gasteiger partial charge in [-0.3, -0.25) is 10.9 Å². The molecule has 4 rings (SSSR count). The lowest BCUT2D eigenvalue weighted by Crippen LogP contribution is -2.49. The number of carbonyl (C=O) groups is 1. The fourth-order valence-corrected chi connectivity index (χ4v) is 3.57. The number of esters is 1. The average molecular weight is 493 g/mol. The standard InChI is InChI=1S/C24H17F6N3O2/c1-35-22(34)14-8-6-13(7-9-14)20-18-4-2-3-5-19(18)21(33-32-20)31-17-11-15(23(25,26)27)10-16(12-17)24(28,29)30/h2-12,31-33H,1H3. The van der Waals surface area contributed by atoms with E-state index in [9.17, 15) is 31.1 Å². The van der Waals surface area contributed by atoms with Crippen LogP contribution in [-0.4, -0.2) is 13.1 Å². The van der Waals surface area contributed by atoms with Crippen LogP contribution in [0.5, 0.6) is 0 Å². The number of alkyl halides is 6. The summed E-state index contributed by atoms with van der Waals surface area (Å²) in [6.07, 6.45) is -9.92. The Hall–Kier alpha value is -4.15. The summed E-state index contributed by atoms with van der Waals surface area (Å²) in [6.45, 7) is 0. The molecule has 35 heavy (non-hydrogen) atoms. The molecule has 0 saturated heterocycles. The van der Waals surface area contributed by atoms with Crippen LogP contribution in [0.3, 0.4) is 0 Å². The third kappa shape index (κ3) is 5.03. The summed E-state index contributed by atoms with van der Waals surface area (Å²) >= 11 is 0. The van der Waals surface area contributed by atoms with Gasteiger partial charge in [-0.25, -0.2) is 4.79 Å². The fraction of sp³-hybridized carbons (Fsp3) is 0.125. The van der Waals surface area contributed by atoms with Gasteiger partial charge in [-0.2, -0.15) is 26.3 Å². The highest BCUT2D eigenvalue weighted by atomic mass is 19.4. The zero-order valence-electron chi connectivity index (χ0n) is 17.9. The van der Waals surface area contributed by atoms with Crippen molar-refractivity contribution in [3.63, 3.8) is 0 Å². The summed E-state index contributed by atoms with van der Waals surface area (Å²) in [5, 5.41) is 3.77. The Bertz CT molecular complexity index is 1360. The van der Waals surface area contributed by atoms with E-state index < -0.39 is 35.1 Å². The van der Waals surface area contributed by atoms with Gasteiger partial charge in [0.15, 0.2) is 0 Å². The highest BCUT2D eigenvalue weighted by Gasteiger charge is 2.37. The van der Waals surface area contributed by atoms with Crippen LogP contribution in [0.25, 0.3) is 11.5 Å². The first kappa shape index (κ1) is 24.0. The zero-order chi connectivity index (χ0) is 25.4. The number of carbonyl (C=O) groups excluding carboxylic acids is 1. The monoisotopic (exact) mass is 493 g/mol. The summed E-state index contributed by atoms with van der Waals surface area (Å²) < 4.78 is 84.1. The van der Waals surface area contributed by atoms with Gasteiger partial charge in [0.25, 0.3) is 0 Å². The summed E-state index contributed by atoms with van der Waals surface area (Å²) in [7, 11) is 1.26. The smallest absolute Gasteiger partial charge is 0.416 e. The molecule has 0 atom stereocenters. The van der Waals surface area contributed by atoms with Gasteiger partial charge in [-0.15, -0.1) is 0 Å². The molecule has 0 unspecified atom stereocenters. The van der Waals surface area contributed by atoms with Crippen molar-refractivity contribution in [3.8, 4) is 0 Å². The Kier molecular flexibility index (Phi) is 6.10. The fourth-order valence-electron chi connectivity index (χ4n) is 3.57. The number of hydrogen-bond acceptors (Lipinski definition) is 5. The topological polar surface area (TPSA) is 62.4 Å². The second kappa shape index (κ2) is 8.90. The van der Waals surface area contributed by atoms with Crippen molar-refractivity contribution < 1.29 is 35.9 Å². The molecule has 182 valence electrons. The van der Waals surface area contributed by atoms with Crippen molar-refractivity contribution in [3.05, 3.63) is 99.4 Å². The maximum Gasteiger partial charge on any atom is 0.416 e. The Morgan fingerprint density at radius 3 is 1.91 bits per heavy atom. The number of methoxy groups -OCH3 is 1. The van der Waals surface area contributed by atoms with Crippen LogP contribution in [0.1, 0.15) is 27.0 Å². The van der Waals surface area contributed by atoms with Gasteiger partial charge in [0, 0.05) is 21.7 Å². The molecule has 0 saturated carbocycles. The van der Waals surface area contributed by atoms with Gasteiger partial charge in [0.1, 0.15) is 5.82 Å². The van der Waals surface area contributed by atoms with E-state index in [1.807, 2.05) is 0 Å². The summed E-state index contributed by atoms with van der Waals surface area (Å²) in [5.41, 5.74) is 4.08. The zero-order valence-corrected chi connectivity index (χ0v) is 17.9. The number of nitrogens with one attached hydrogen (secondary N) is 3. The lowest BCUT2D eigenvalue weighted by molar-refractivity contribution is -0.143. The first-order valence-corrected chi connectivity index (χ1v) is 10.1. The molecule has 3 aromatic rings. The van der Waals surface area contributed by atoms with Crippen molar-refractivity contribution in [2.75, 3.05) is 12.4 Å². The van der Waals surface area contributed by atoms with E-state index >= 15 is 0 Å². The SMILES string of the molecule is COC(=O)c1ccc(C2=c3ccccc3=C(Nc3cc(C(F)(F)F)cc(C(F)(F)F)c3)NN2)cc1. The van der Waals surface area contributed by atoms with E-state index in [-0.39, 0.29) is 11.9 Å². The summed E-state index contributed by atoms with van der Waals surface area (Å²) in [4.78, 5) is 11.7. The van der Waals surface area contributed by atoms with Crippen LogP contribution in [0.15, 0.2) is 66.7 Å². The molecule has 0 radical (unpaired) electrons. The van der Waals surface area contributed by atoms with Crippen molar-refractivity contribution >= 4 is 23.2 Å². The lowest BCUT2D eigenvalue weighted by Gasteiger charge is -2.23. The first-order chi connectivity index (χ1) is 16.5. The molecule has 1 aliphatic rings. The van der Waals surface area contributed by atoms with Crippen molar-refractivity contribution in [2.24, 2.45) is 0 Å². The number of fused-ring (bicyclic) bond motifs is 1. The molecule has 3 N–H and O–H groups in total. The van der Waals surface area contributed by atoms with Crippen LogP contribution < -0.4 is 26.6 Å². The number of hydrazine groups is 1. The van der Waals surface area contributed by atoms with E-state index in [1.165, 1.54) is 7.11 Å². The molecule has 11 heteroatoms. The van der Waals surface area contributed by atoms with Crippen LogP contribution in [0, 0.1) is 0 Å². The van der Waals surface area contributed by atoms with E-state index in [4.69, 9.17) is 0 Å². The first-order valence-electron chi connectivity index (χ1n) is 10.1. The molecule has 0 bridgehead atoms. The predicted octanol–water partition coefficient (Wildman–Crippen LogP) is 3.95. The highest BCUT2D eigenvalue weighted by Crippen LogP contribution is 2.37. The Morgan fingerprint density at radius 2 is 1.37 bits per heavy atom. The van der Waals surface area contributed by atoms with Gasteiger partial charge in [0.05, 0.1) is 29.5 Å². The molecule has 0 amide bonds. The number of rotatable bonds is 4. The van der Waals surface area contributed by atoms with Gasteiger partial charge >= 0.3 is 18.3 Å². The highest BCUT2D eigenvalue weighted by molar-refractivity contribution is 5.89. The van der Waals surface area contributed by atoms with Crippen LogP contribution >= 0.6 is 0 Å². The van der Waals surface area contributed by atoms with Gasteiger partial charge in [0.2, 0.25) is 0 Å². The second-order valence-electron chi connectivity index (χ2n) is 7.53. The predicted molar refractivity (Wildman–Crippen MR) is 116 cm³/mol. The molecular formula is C24H17F6N3O2. The molecule has 5 nitrogen and oxygen atoms in total. The molecule has 1 aliphatic heterocycles. The number of ether oxygens (including phenoxy) is 1. The second-order valence-corrected chi connectivity index (χ2v) is 7.53. The van der Waals surface area contributed by atoms with Gasteiger partial charge in [-0.1, -0.05) is 36.4 Å². The van der Waals surface area contributed by atoms with Crippen molar-refractivity contribution in [1.29, 1.82) is 0 Å². The lowest BCUT2D eigenvalue weighted by atomic mass is 10.0. The van der Waals surface area contributed by atoms with Crippen LogP contribution in [0.2, 0.25) is 0 Å². The van der Waals surface area contributed by atoms with E-state index in [1.54, 1.807) is 48.5 Å². The largest absolute Gasteiger partial charge is 0.465 e. The van der Waals surface area contributed by atoms with Crippen molar-refractivity contribution in [2.45, 2.75) is 12.4 Å². The van der Waals surface area contributed by atoms with Gasteiger partial charge < -0.3 is 10.1 Å². The Morgan fingerprint density at radius 1 is 0.800 bits per heavy atom. The quantitative estimate of drug-likeness (QED) is 0.380. The average Bonchev–Trinajstić information content (AvgIpc) is 2.82. The van der Waals surface area contributed by atoms with E-state index in [0.29, 0.717) is 39.4 Å². The normalized spacial score (nSPS) is 13.5. The number of halogens is 6. The van der Waals surface area contributed by atoms with Gasteiger partial charge in [-0.05, 0) is 30.3 Å². The molecule has 1 heterocycles. The molecule has 0 spiro atoms. The minimum atomic E-state index is -4.96. The number of anilines is 1. The summed E-state index contributed by atoms with van der Waals surface area (Å²) in [6, 6.07) is 14.6.